The molecule has 1 saturated heterocycles. The highest BCUT2D eigenvalue weighted by Crippen LogP contribution is 2.38. The molecule has 172 valence electrons. The van der Waals surface area contributed by atoms with Crippen LogP contribution < -0.4 is 19.9 Å². The Balaban J connectivity index is 1.37. The van der Waals surface area contributed by atoms with E-state index < -0.39 is 5.91 Å². The first kappa shape index (κ1) is 21.3. The first-order chi connectivity index (χ1) is 16.1. The first-order valence-electron chi connectivity index (χ1n) is 11.3. The predicted octanol–water partition coefficient (Wildman–Crippen LogP) is 3.34. The molecule has 3 N–H and O–H groups in total. The SMILES string of the molecule is COc1cc2c(cc1CN1CCC[C@@H](c3nc(-c4ccccc4)c(C(N)=O)[nH]3)C1)OCCO2. The Morgan fingerprint density at radius 3 is 2.70 bits per heavy atom. The topological polar surface area (TPSA) is 103 Å². The number of nitrogens with one attached hydrogen (secondary N) is 1. The number of ether oxygens (including phenoxy) is 3. The number of aromatic amines is 1. The van der Waals surface area contributed by atoms with Crippen LogP contribution in [0.3, 0.4) is 0 Å². The summed E-state index contributed by atoms with van der Waals surface area (Å²) in [6.45, 7) is 3.62. The van der Waals surface area contributed by atoms with E-state index in [-0.39, 0.29) is 5.92 Å². The summed E-state index contributed by atoms with van der Waals surface area (Å²) in [5, 5.41) is 0. The van der Waals surface area contributed by atoms with Crippen LogP contribution in [-0.2, 0) is 6.54 Å². The fourth-order valence-corrected chi connectivity index (χ4v) is 4.66. The number of benzene rings is 2. The van der Waals surface area contributed by atoms with E-state index in [1.54, 1.807) is 7.11 Å². The van der Waals surface area contributed by atoms with Gasteiger partial charge in [0.05, 0.1) is 7.11 Å². The summed E-state index contributed by atoms with van der Waals surface area (Å²) in [7, 11) is 1.67. The third kappa shape index (κ3) is 4.39. The normalized spacial score (nSPS) is 18.2. The molecular weight excluding hydrogens is 420 g/mol. The van der Waals surface area contributed by atoms with Crippen LogP contribution in [0.2, 0.25) is 0 Å². The third-order valence-electron chi connectivity index (χ3n) is 6.25. The van der Waals surface area contributed by atoms with Gasteiger partial charge in [0.25, 0.3) is 5.91 Å². The number of hydrogen-bond donors (Lipinski definition) is 2. The second-order valence-electron chi connectivity index (χ2n) is 8.46. The summed E-state index contributed by atoms with van der Waals surface area (Å²) < 4.78 is 17.1. The van der Waals surface area contributed by atoms with E-state index in [0.29, 0.717) is 24.6 Å². The molecule has 3 aromatic rings. The van der Waals surface area contributed by atoms with E-state index in [1.165, 1.54) is 0 Å². The van der Waals surface area contributed by atoms with Crippen molar-refractivity contribution in [1.29, 1.82) is 0 Å². The second-order valence-corrected chi connectivity index (χ2v) is 8.46. The number of aromatic nitrogens is 2. The van der Waals surface area contributed by atoms with Crippen LogP contribution in [0.5, 0.6) is 17.2 Å². The number of likely N-dealkylation sites (tertiary alicyclic amines) is 1. The van der Waals surface area contributed by atoms with Gasteiger partial charge in [0.2, 0.25) is 0 Å². The Labute approximate surface area is 192 Å². The smallest absolute Gasteiger partial charge is 0.267 e. The molecule has 2 aliphatic heterocycles. The maximum Gasteiger partial charge on any atom is 0.267 e. The molecule has 5 rings (SSSR count). The number of imidazole rings is 1. The van der Waals surface area contributed by atoms with Crippen molar-refractivity contribution in [2.24, 2.45) is 5.73 Å². The van der Waals surface area contributed by atoms with Crippen LogP contribution >= 0.6 is 0 Å². The number of amides is 1. The molecule has 8 heteroatoms. The number of rotatable bonds is 6. The van der Waals surface area contributed by atoms with Gasteiger partial charge < -0.3 is 24.9 Å². The van der Waals surface area contributed by atoms with Crippen molar-refractivity contribution in [3.05, 3.63) is 59.5 Å². The fraction of sp³-hybridized carbons (Fsp3) is 0.360. The molecule has 0 spiro atoms. The molecule has 2 aromatic carbocycles. The van der Waals surface area contributed by atoms with Crippen LogP contribution in [0.15, 0.2) is 42.5 Å². The molecule has 0 bridgehead atoms. The summed E-state index contributed by atoms with van der Waals surface area (Å²) >= 11 is 0. The van der Waals surface area contributed by atoms with Gasteiger partial charge in [0.15, 0.2) is 11.5 Å². The van der Waals surface area contributed by atoms with Crippen molar-refractivity contribution >= 4 is 5.91 Å². The van der Waals surface area contributed by atoms with Crippen molar-refractivity contribution in [2.45, 2.75) is 25.3 Å². The van der Waals surface area contributed by atoms with Gasteiger partial charge in [-0.15, -0.1) is 0 Å². The van der Waals surface area contributed by atoms with E-state index in [1.807, 2.05) is 42.5 Å². The Morgan fingerprint density at radius 1 is 1.21 bits per heavy atom. The number of hydrogen-bond acceptors (Lipinski definition) is 6. The lowest BCUT2D eigenvalue weighted by Crippen LogP contribution is -2.34. The average Bonchev–Trinajstić information content (AvgIpc) is 3.30. The third-order valence-corrected chi connectivity index (χ3v) is 6.25. The number of nitrogens with two attached hydrogens (primary N) is 1. The molecule has 3 heterocycles. The minimum Gasteiger partial charge on any atom is -0.496 e. The van der Waals surface area contributed by atoms with Gasteiger partial charge in [-0.3, -0.25) is 9.69 Å². The van der Waals surface area contributed by atoms with Gasteiger partial charge in [-0.25, -0.2) is 4.98 Å². The number of H-pyrrole nitrogens is 1. The maximum absolute atomic E-state index is 12.1. The number of nitrogens with zero attached hydrogens (tertiary/aromatic N) is 2. The number of fused-ring (bicyclic) bond motifs is 1. The predicted molar refractivity (Wildman–Crippen MR) is 124 cm³/mol. The zero-order valence-corrected chi connectivity index (χ0v) is 18.7. The Bertz CT molecular complexity index is 1140. The van der Waals surface area contributed by atoms with Crippen molar-refractivity contribution in [2.75, 3.05) is 33.4 Å². The van der Waals surface area contributed by atoms with E-state index in [4.69, 9.17) is 24.9 Å². The van der Waals surface area contributed by atoms with Crippen LogP contribution in [0, 0.1) is 0 Å². The fourth-order valence-electron chi connectivity index (χ4n) is 4.66. The summed E-state index contributed by atoms with van der Waals surface area (Å²) in [4.78, 5) is 22.5. The highest BCUT2D eigenvalue weighted by molar-refractivity contribution is 5.97. The van der Waals surface area contributed by atoms with Gasteiger partial charge in [-0.05, 0) is 25.5 Å². The molecule has 1 amide bonds. The second kappa shape index (κ2) is 9.15. The molecule has 8 nitrogen and oxygen atoms in total. The molecule has 0 radical (unpaired) electrons. The molecule has 0 saturated carbocycles. The van der Waals surface area contributed by atoms with E-state index >= 15 is 0 Å². The van der Waals surface area contributed by atoms with E-state index in [9.17, 15) is 4.79 Å². The summed E-state index contributed by atoms with van der Waals surface area (Å²) in [5.74, 6) is 2.76. The van der Waals surface area contributed by atoms with Crippen molar-refractivity contribution in [3.63, 3.8) is 0 Å². The molecule has 2 aliphatic rings. The Morgan fingerprint density at radius 2 is 1.97 bits per heavy atom. The highest BCUT2D eigenvalue weighted by atomic mass is 16.6. The maximum atomic E-state index is 12.1. The Kier molecular flexibility index (Phi) is 5.92. The van der Waals surface area contributed by atoms with Gasteiger partial charge in [-0.2, -0.15) is 0 Å². The van der Waals surface area contributed by atoms with Crippen LogP contribution in [0.4, 0.5) is 0 Å². The van der Waals surface area contributed by atoms with Crippen LogP contribution in [0.25, 0.3) is 11.3 Å². The average molecular weight is 449 g/mol. The zero-order valence-electron chi connectivity index (χ0n) is 18.7. The standard InChI is InChI=1S/C25H28N4O4/c1-31-19-13-21-20(32-10-11-33-21)12-18(19)15-29-9-5-8-17(14-29)25-27-22(23(28-25)24(26)30)16-6-3-2-4-7-16/h2-4,6-7,12-13,17H,5,8-11,14-15H2,1H3,(H2,26,30)(H,27,28)/t17-/m1/s1. The number of carbonyl (C=O) groups is 1. The van der Waals surface area contributed by atoms with E-state index in [2.05, 4.69) is 9.88 Å². The quantitative estimate of drug-likeness (QED) is 0.600. The number of methoxy groups -OCH3 is 1. The molecule has 0 aliphatic carbocycles. The van der Waals surface area contributed by atoms with Gasteiger partial charge in [0, 0.05) is 36.2 Å². The van der Waals surface area contributed by atoms with Crippen LogP contribution in [-0.4, -0.2) is 54.2 Å². The van der Waals surface area contributed by atoms with Crippen LogP contribution in [0.1, 0.15) is 40.6 Å². The van der Waals surface area contributed by atoms with E-state index in [0.717, 1.165) is 66.7 Å². The molecule has 1 fully saturated rings. The molecule has 1 atom stereocenters. The summed E-state index contributed by atoms with van der Waals surface area (Å²) in [6, 6.07) is 13.6. The largest absolute Gasteiger partial charge is 0.496 e. The zero-order chi connectivity index (χ0) is 22.8. The molecule has 0 unspecified atom stereocenters. The van der Waals surface area contributed by atoms with Gasteiger partial charge >= 0.3 is 0 Å². The lowest BCUT2D eigenvalue weighted by molar-refractivity contribution is 0.0996. The highest BCUT2D eigenvalue weighted by Gasteiger charge is 2.27. The van der Waals surface area contributed by atoms with Crippen molar-refractivity contribution in [3.8, 4) is 28.5 Å². The summed E-state index contributed by atoms with van der Waals surface area (Å²) in [5.41, 5.74) is 8.57. The summed E-state index contributed by atoms with van der Waals surface area (Å²) in [6.07, 6.45) is 2.03. The number of piperidine rings is 1. The number of primary amides is 1. The van der Waals surface area contributed by atoms with Gasteiger partial charge in [-0.1, -0.05) is 30.3 Å². The minimum absolute atomic E-state index is 0.178. The lowest BCUT2D eigenvalue weighted by atomic mass is 9.96. The molecule has 33 heavy (non-hydrogen) atoms. The Hall–Kier alpha value is -3.52. The van der Waals surface area contributed by atoms with Crippen molar-refractivity contribution < 1.29 is 19.0 Å². The molecular formula is C25H28N4O4. The number of carbonyl (C=O) groups excluding carboxylic acids is 1. The van der Waals surface area contributed by atoms with Crippen molar-refractivity contribution in [1.82, 2.24) is 14.9 Å². The first-order valence-corrected chi connectivity index (χ1v) is 11.3. The monoisotopic (exact) mass is 448 g/mol. The lowest BCUT2D eigenvalue weighted by Gasteiger charge is -2.32. The van der Waals surface area contributed by atoms with Gasteiger partial charge in [0.1, 0.15) is 36.2 Å². The molecule has 1 aromatic heterocycles. The minimum atomic E-state index is -0.499.